The molecule has 2 aromatic rings. The number of hydrogen-bond donors (Lipinski definition) is 0. The number of benzene rings is 1. The van der Waals surface area contributed by atoms with Gasteiger partial charge in [-0.05, 0) is 45.3 Å². The van der Waals surface area contributed by atoms with Crippen molar-refractivity contribution >= 4 is 23.5 Å². The highest BCUT2D eigenvalue weighted by Crippen LogP contribution is 2.36. The highest BCUT2D eigenvalue weighted by Gasteiger charge is 2.51. The molecule has 0 spiro atoms. The van der Waals surface area contributed by atoms with Gasteiger partial charge in [0.15, 0.2) is 0 Å². The molecule has 1 aromatic carbocycles. The van der Waals surface area contributed by atoms with E-state index >= 15 is 0 Å². The standard InChI is InChI=1S/C20H28BN3O4/c1-19(2)20(3,4)28-21(27-19)15-5-6-17-16(13-15)18(25)24(14-22-17)8-7-23-9-11-26-12-10-23/h5-6,13-14H,7-12H2,1-4H3. The smallest absolute Gasteiger partial charge is 0.399 e. The summed E-state index contributed by atoms with van der Waals surface area (Å²) in [4.78, 5) is 19.8. The average molecular weight is 385 g/mol. The molecule has 2 aliphatic rings. The van der Waals surface area contributed by atoms with E-state index in [1.54, 1.807) is 10.9 Å². The molecular weight excluding hydrogens is 357 g/mol. The lowest BCUT2D eigenvalue weighted by atomic mass is 9.78. The van der Waals surface area contributed by atoms with E-state index in [0.717, 1.165) is 38.3 Å². The normalized spacial score (nSPS) is 22.1. The predicted molar refractivity (Wildman–Crippen MR) is 109 cm³/mol. The van der Waals surface area contributed by atoms with Crippen LogP contribution in [0, 0.1) is 0 Å². The van der Waals surface area contributed by atoms with E-state index in [1.807, 2.05) is 45.9 Å². The van der Waals surface area contributed by atoms with Crippen LogP contribution in [-0.2, 0) is 20.6 Å². The fourth-order valence-electron chi connectivity index (χ4n) is 3.54. The zero-order valence-electron chi connectivity index (χ0n) is 17.1. The van der Waals surface area contributed by atoms with Gasteiger partial charge < -0.3 is 14.0 Å². The monoisotopic (exact) mass is 385 g/mol. The third kappa shape index (κ3) is 3.62. The van der Waals surface area contributed by atoms with Crippen molar-refractivity contribution in [2.75, 3.05) is 32.8 Å². The Kier molecular flexibility index (Phi) is 5.08. The molecule has 28 heavy (non-hydrogen) atoms. The van der Waals surface area contributed by atoms with Gasteiger partial charge in [0, 0.05) is 26.2 Å². The average Bonchev–Trinajstić information content (AvgIpc) is 2.89. The van der Waals surface area contributed by atoms with E-state index in [-0.39, 0.29) is 5.56 Å². The van der Waals surface area contributed by atoms with Gasteiger partial charge in [0.05, 0.1) is 41.6 Å². The Bertz CT molecular complexity index is 905. The zero-order valence-corrected chi connectivity index (χ0v) is 17.1. The summed E-state index contributed by atoms with van der Waals surface area (Å²) in [5, 5.41) is 0.594. The third-order valence-corrected chi connectivity index (χ3v) is 6.13. The highest BCUT2D eigenvalue weighted by atomic mass is 16.7. The van der Waals surface area contributed by atoms with Crippen LogP contribution in [0.1, 0.15) is 27.7 Å². The molecule has 0 amide bonds. The van der Waals surface area contributed by atoms with Gasteiger partial charge in [-0.3, -0.25) is 14.3 Å². The van der Waals surface area contributed by atoms with Gasteiger partial charge in [-0.1, -0.05) is 6.07 Å². The van der Waals surface area contributed by atoms with Crippen LogP contribution in [0.3, 0.4) is 0 Å². The largest absolute Gasteiger partial charge is 0.494 e. The van der Waals surface area contributed by atoms with Crippen molar-refractivity contribution < 1.29 is 14.0 Å². The van der Waals surface area contributed by atoms with Crippen LogP contribution < -0.4 is 11.0 Å². The van der Waals surface area contributed by atoms with Gasteiger partial charge >= 0.3 is 7.12 Å². The van der Waals surface area contributed by atoms with Gasteiger partial charge in [0.1, 0.15) is 0 Å². The molecular formula is C20H28BN3O4. The fourth-order valence-corrected chi connectivity index (χ4v) is 3.54. The Morgan fingerprint density at radius 3 is 2.43 bits per heavy atom. The van der Waals surface area contributed by atoms with E-state index in [1.165, 1.54) is 0 Å². The first-order valence-electron chi connectivity index (χ1n) is 9.92. The van der Waals surface area contributed by atoms with Crippen molar-refractivity contribution in [3.63, 3.8) is 0 Å². The molecule has 0 bridgehead atoms. The minimum Gasteiger partial charge on any atom is -0.399 e. The molecule has 150 valence electrons. The summed E-state index contributed by atoms with van der Waals surface area (Å²) in [5.41, 5.74) is 0.667. The minimum absolute atomic E-state index is 0.0309. The second kappa shape index (κ2) is 7.26. The number of aromatic nitrogens is 2. The number of ether oxygens (including phenoxy) is 1. The van der Waals surface area contributed by atoms with Crippen LogP contribution >= 0.6 is 0 Å². The molecule has 1 aromatic heterocycles. The van der Waals surface area contributed by atoms with Crippen molar-refractivity contribution in [2.45, 2.75) is 45.4 Å². The van der Waals surface area contributed by atoms with Crippen LogP contribution in [0.2, 0.25) is 0 Å². The molecule has 0 atom stereocenters. The van der Waals surface area contributed by atoms with Crippen molar-refractivity contribution in [2.24, 2.45) is 0 Å². The van der Waals surface area contributed by atoms with Crippen LogP contribution in [0.25, 0.3) is 10.9 Å². The lowest BCUT2D eigenvalue weighted by Crippen LogP contribution is -2.41. The van der Waals surface area contributed by atoms with Gasteiger partial charge in [0.2, 0.25) is 0 Å². The first-order valence-corrected chi connectivity index (χ1v) is 9.92. The maximum atomic E-state index is 13.0. The SMILES string of the molecule is CC1(C)OB(c2ccc3ncn(CCN4CCOCC4)c(=O)c3c2)OC1(C)C. The van der Waals surface area contributed by atoms with E-state index in [2.05, 4.69) is 9.88 Å². The van der Waals surface area contributed by atoms with Gasteiger partial charge in [-0.2, -0.15) is 0 Å². The summed E-state index contributed by atoms with van der Waals surface area (Å²) in [6.07, 6.45) is 1.64. The van der Waals surface area contributed by atoms with Crippen molar-refractivity contribution in [3.8, 4) is 0 Å². The number of hydrogen-bond acceptors (Lipinski definition) is 6. The van der Waals surface area contributed by atoms with E-state index in [9.17, 15) is 4.79 Å². The number of morpholine rings is 1. The van der Waals surface area contributed by atoms with Crippen molar-refractivity contribution in [3.05, 3.63) is 34.9 Å². The predicted octanol–water partition coefficient (Wildman–Crippen LogP) is 1.03. The lowest BCUT2D eigenvalue weighted by Gasteiger charge is -2.32. The molecule has 2 aliphatic heterocycles. The summed E-state index contributed by atoms with van der Waals surface area (Å²) >= 11 is 0. The topological polar surface area (TPSA) is 65.8 Å². The first kappa shape index (κ1) is 19.6. The molecule has 2 fully saturated rings. The summed E-state index contributed by atoms with van der Waals surface area (Å²) < 4.78 is 19.3. The lowest BCUT2D eigenvalue weighted by molar-refractivity contribution is 0.00578. The van der Waals surface area contributed by atoms with Crippen molar-refractivity contribution in [1.82, 2.24) is 14.5 Å². The van der Waals surface area contributed by atoms with Crippen molar-refractivity contribution in [1.29, 1.82) is 0 Å². The Hall–Kier alpha value is -1.74. The highest BCUT2D eigenvalue weighted by molar-refractivity contribution is 6.62. The Morgan fingerprint density at radius 1 is 1.07 bits per heavy atom. The molecule has 0 aliphatic carbocycles. The zero-order chi connectivity index (χ0) is 19.9. The molecule has 0 radical (unpaired) electrons. The van der Waals surface area contributed by atoms with Gasteiger partial charge in [-0.15, -0.1) is 0 Å². The van der Waals surface area contributed by atoms with E-state index in [0.29, 0.717) is 17.4 Å². The molecule has 0 saturated carbocycles. The number of rotatable bonds is 4. The Balaban J connectivity index is 1.58. The second-order valence-corrected chi connectivity index (χ2v) is 8.56. The Labute approximate surface area is 165 Å². The fraction of sp³-hybridized carbons (Fsp3) is 0.600. The summed E-state index contributed by atoms with van der Waals surface area (Å²) in [7, 11) is -0.490. The third-order valence-electron chi connectivity index (χ3n) is 6.13. The summed E-state index contributed by atoms with van der Waals surface area (Å²) in [5.74, 6) is 0. The maximum Gasteiger partial charge on any atom is 0.494 e. The van der Waals surface area contributed by atoms with E-state index in [4.69, 9.17) is 14.0 Å². The molecule has 4 rings (SSSR count). The molecule has 0 unspecified atom stereocenters. The number of fused-ring (bicyclic) bond motifs is 1. The molecule has 3 heterocycles. The number of nitrogens with zero attached hydrogens (tertiary/aromatic N) is 3. The molecule has 0 N–H and O–H groups in total. The van der Waals surface area contributed by atoms with Crippen LogP contribution in [-0.4, -0.2) is 65.6 Å². The maximum absolute atomic E-state index is 13.0. The van der Waals surface area contributed by atoms with Crippen LogP contribution in [0.5, 0.6) is 0 Å². The van der Waals surface area contributed by atoms with Gasteiger partial charge in [0.25, 0.3) is 5.56 Å². The Morgan fingerprint density at radius 2 is 1.75 bits per heavy atom. The van der Waals surface area contributed by atoms with Crippen LogP contribution in [0.4, 0.5) is 0 Å². The minimum atomic E-state index is -0.490. The van der Waals surface area contributed by atoms with Gasteiger partial charge in [-0.25, -0.2) is 4.98 Å². The second-order valence-electron chi connectivity index (χ2n) is 8.56. The quantitative estimate of drug-likeness (QED) is 0.733. The molecule has 7 nitrogen and oxygen atoms in total. The molecule has 2 saturated heterocycles. The summed E-state index contributed by atoms with van der Waals surface area (Å²) in [6, 6.07) is 5.65. The first-order chi connectivity index (χ1) is 13.3. The van der Waals surface area contributed by atoms with Crippen LogP contribution in [0.15, 0.2) is 29.3 Å². The summed E-state index contributed by atoms with van der Waals surface area (Å²) in [6.45, 7) is 12.8. The van der Waals surface area contributed by atoms with E-state index < -0.39 is 18.3 Å². The molecule has 8 heteroatoms.